The number of carbonyl (C=O) groups excluding carboxylic acids is 2. The Labute approximate surface area is 169 Å². The van der Waals surface area contributed by atoms with E-state index in [2.05, 4.69) is 4.72 Å². The smallest absolute Gasteiger partial charge is 0.409 e. The highest BCUT2D eigenvalue weighted by Gasteiger charge is 2.33. The number of thiophene rings is 1. The van der Waals surface area contributed by atoms with Crippen molar-refractivity contribution in [1.82, 2.24) is 14.5 Å². The third-order valence-electron chi connectivity index (χ3n) is 5.26. The van der Waals surface area contributed by atoms with E-state index >= 15 is 0 Å². The lowest BCUT2D eigenvalue weighted by molar-refractivity contribution is -0.138. The summed E-state index contributed by atoms with van der Waals surface area (Å²) in [7, 11) is -3.48. The number of sulfonamides is 1. The van der Waals surface area contributed by atoms with Crippen LogP contribution in [0.5, 0.6) is 0 Å². The number of nitrogens with zero attached hydrogens (tertiary/aromatic N) is 2. The Bertz CT molecular complexity index is 765. The zero-order chi connectivity index (χ0) is 20.1. The molecule has 3 heterocycles. The summed E-state index contributed by atoms with van der Waals surface area (Å²) in [6, 6.07) is 3.16. The van der Waals surface area contributed by atoms with Gasteiger partial charge in [0.1, 0.15) is 4.21 Å². The molecule has 156 valence electrons. The highest BCUT2D eigenvalue weighted by molar-refractivity contribution is 7.91. The van der Waals surface area contributed by atoms with Crippen molar-refractivity contribution in [2.45, 2.75) is 42.9 Å². The van der Waals surface area contributed by atoms with Gasteiger partial charge in [0.25, 0.3) is 0 Å². The van der Waals surface area contributed by atoms with Gasteiger partial charge in [-0.2, -0.15) is 0 Å². The van der Waals surface area contributed by atoms with Crippen LogP contribution in [0.4, 0.5) is 4.79 Å². The fourth-order valence-corrected chi connectivity index (χ4v) is 6.01. The molecule has 8 nitrogen and oxygen atoms in total. The zero-order valence-electron chi connectivity index (χ0n) is 16.0. The molecule has 28 heavy (non-hydrogen) atoms. The molecule has 1 aromatic heterocycles. The summed E-state index contributed by atoms with van der Waals surface area (Å²) in [5.74, 6) is 0.0353. The fourth-order valence-electron chi connectivity index (χ4n) is 3.69. The molecule has 0 aromatic carbocycles. The molecule has 1 N–H and O–H groups in total. The van der Waals surface area contributed by atoms with Crippen LogP contribution in [0.2, 0.25) is 0 Å². The number of piperidine rings is 2. The Morgan fingerprint density at radius 1 is 1.14 bits per heavy atom. The first kappa shape index (κ1) is 21.1. The van der Waals surface area contributed by atoms with Gasteiger partial charge in [-0.3, -0.25) is 4.79 Å². The van der Waals surface area contributed by atoms with Crippen LogP contribution in [0.1, 0.15) is 32.6 Å². The van der Waals surface area contributed by atoms with Gasteiger partial charge in [0.2, 0.25) is 15.9 Å². The van der Waals surface area contributed by atoms with E-state index in [1.807, 2.05) is 4.90 Å². The van der Waals surface area contributed by atoms with E-state index in [4.69, 9.17) is 4.74 Å². The van der Waals surface area contributed by atoms with E-state index in [-0.39, 0.29) is 24.0 Å². The van der Waals surface area contributed by atoms with E-state index in [0.717, 1.165) is 0 Å². The highest BCUT2D eigenvalue weighted by Crippen LogP contribution is 2.23. The molecule has 0 unspecified atom stereocenters. The molecule has 0 bridgehead atoms. The molecule has 2 amide bonds. The predicted octanol–water partition coefficient (Wildman–Crippen LogP) is 1.89. The van der Waals surface area contributed by atoms with Crippen LogP contribution in [0.25, 0.3) is 0 Å². The zero-order valence-corrected chi connectivity index (χ0v) is 17.6. The second-order valence-electron chi connectivity index (χ2n) is 7.11. The van der Waals surface area contributed by atoms with Gasteiger partial charge in [0.15, 0.2) is 0 Å². The average Bonchev–Trinajstić information content (AvgIpc) is 3.24. The number of hydrogen-bond acceptors (Lipinski definition) is 6. The van der Waals surface area contributed by atoms with Crippen molar-refractivity contribution in [2.24, 2.45) is 5.92 Å². The van der Waals surface area contributed by atoms with Crippen LogP contribution in [0, 0.1) is 5.92 Å². The van der Waals surface area contributed by atoms with E-state index in [0.29, 0.717) is 62.7 Å². The van der Waals surface area contributed by atoms with Crippen LogP contribution in [-0.2, 0) is 19.6 Å². The molecule has 0 atom stereocenters. The van der Waals surface area contributed by atoms with Gasteiger partial charge in [-0.1, -0.05) is 6.07 Å². The molecular weight excluding hydrogens is 402 g/mol. The summed E-state index contributed by atoms with van der Waals surface area (Å²) in [4.78, 5) is 28.0. The van der Waals surface area contributed by atoms with Crippen LogP contribution < -0.4 is 4.72 Å². The SMILES string of the molecule is CCOC(=O)N1CCC(C(=O)N2CCC(NS(=O)(=O)c3cccs3)CC2)CC1. The number of carbonyl (C=O) groups is 2. The van der Waals surface area contributed by atoms with Gasteiger partial charge < -0.3 is 14.5 Å². The van der Waals surface area contributed by atoms with E-state index in [1.54, 1.807) is 29.3 Å². The monoisotopic (exact) mass is 429 g/mol. The Hall–Kier alpha value is -1.65. The van der Waals surface area contributed by atoms with Gasteiger partial charge >= 0.3 is 6.09 Å². The molecule has 2 aliphatic rings. The lowest BCUT2D eigenvalue weighted by atomic mass is 9.94. The molecule has 2 saturated heterocycles. The van der Waals surface area contributed by atoms with E-state index < -0.39 is 10.0 Å². The first-order valence-electron chi connectivity index (χ1n) is 9.67. The molecule has 1 aromatic rings. The summed E-state index contributed by atoms with van der Waals surface area (Å²) in [6.45, 7) is 4.29. The van der Waals surface area contributed by atoms with Crippen molar-refractivity contribution in [2.75, 3.05) is 32.8 Å². The Morgan fingerprint density at radius 3 is 2.36 bits per heavy atom. The van der Waals surface area contributed by atoms with Gasteiger partial charge in [-0.25, -0.2) is 17.9 Å². The minimum atomic E-state index is -3.48. The predicted molar refractivity (Wildman–Crippen MR) is 106 cm³/mol. The Kier molecular flexibility index (Phi) is 6.95. The van der Waals surface area contributed by atoms with Crippen LogP contribution in [0.15, 0.2) is 21.7 Å². The normalized spacial score (nSPS) is 19.6. The van der Waals surface area contributed by atoms with Crippen LogP contribution in [-0.4, -0.2) is 69.0 Å². The van der Waals surface area contributed by atoms with Gasteiger partial charge in [-0.15, -0.1) is 11.3 Å². The quantitative estimate of drug-likeness (QED) is 0.771. The summed E-state index contributed by atoms with van der Waals surface area (Å²) in [5, 5.41) is 1.74. The lowest BCUT2D eigenvalue weighted by Crippen LogP contribution is -2.49. The molecular formula is C18H27N3O5S2. The minimum absolute atomic E-state index is 0.0787. The summed E-state index contributed by atoms with van der Waals surface area (Å²) in [6.07, 6.45) is 2.19. The molecule has 2 aliphatic heterocycles. The van der Waals surface area contributed by atoms with Crippen molar-refractivity contribution < 1.29 is 22.7 Å². The summed E-state index contributed by atoms with van der Waals surface area (Å²) >= 11 is 1.20. The molecule has 0 saturated carbocycles. The Balaban J connectivity index is 1.45. The first-order chi connectivity index (χ1) is 13.4. The van der Waals surface area contributed by atoms with Gasteiger partial charge in [0.05, 0.1) is 6.61 Å². The Morgan fingerprint density at radius 2 is 1.79 bits per heavy atom. The third kappa shape index (κ3) is 5.03. The minimum Gasteiger partial charge on any atom is -0.450 e. The maximum Gasteiger partial charge on any atom is 0.409 e. The number of nitrogens with one attached hydrogen (secondary N) is 1. The largest absolute Gasteiger partial charge is 0.450 e. The standard InChI is InChI=1S/C18H27N3O5S2/c1-2-26-18(23)21-9-5-14(6-10-21)17(22)20-11-7-15(8-12-20)19-28(24,25)16-4-3-13-27-16/h3-4,13-15,19H,2,5-12H2,1H3. The topological polar surface area (TPSA) is 96.0 Å². The molecule has 3 rings (SSSR count). The number of likely N-dealkylation sites (tertiary alicyclic amines) is 2. The first-order valence-corrected chi connectivity index (χ1v) is 12.0. The van der Waals surface area contributed by atoms with Crippen molar-refractivity contribution in [3.05, 3.63) is 17.5 Å². The van der Waals surface area contributed by atoms with Crippen molar-refractivity contribution in [3.8, 4) is 0 Å². The lowest BCUT2D eigenvalue weighted by Gasteiger charge is -2.37. The highest BCUT2D eigenvalue weighted by atomic mass is 32.2. The number of amides is 2. The van der Waals surface area contributed by atoms with Crippen LogP contribution in [0.3, 0.4) is 0 Å². The molecule has 0 radical (unpaired) electrons. The fraction of sp³-hybridized carbons (Fsp3) is 0.667. The number of hydrogen-bond donors (Lipinski definition) is 1. The maximum absolute atomic E-state index is 12.8. The van der Waals surface area contributed by atoms with E-state index in [9.17, 15) is 18.0 Å². The van der Waals surface area contributed by atoms with Gasteiger partial charge in [0, 0.05) is 38.1 Å². The molecule has 0 spiro atoms. The maximum atomic E-state index is 12.8. The van der Waals surface area contributed by atoms with Crippen molar-refractivity contribution in [3.63, 3.8) is 0 Å². The average molecular weight is 430 g/mol. The van der Waals surface area contributed by atoms with Crippen LogP contribution >= 0.6 is 11.3 Å². The number of ether oxygens (including phenoxy) is 1. The molecule has 0 aliphatic carbocycles. The second-order valence-corrected chi connectivity index (χ2v) is 10.0. The second kappa shape index (κ2) is 9.23. The van der Waals surface area contributed by atoms with E-state index in [1.165, 1.54) is 11.3 Å². The van der Waals surface area contributed by atoms with Gasteiger partial charge in [-0.05, 0) is 44.1 Å². The summed E-state index contributed by atoms with van der Waals surface area (Å²) < 4.78 is 32.7. The number of rotatable bonds is 5. The van der Waals surface area contributed by atoms with Crippen molar-refractivity contribution in [1.29, 1.82) is 0 Å². The third-order valence-corrected chi connectivity index (χ3v) is 8.18. The molecule has 10 heteroatoms. The van der Waals surface area contributed by atoms with Crippen molar-refractivity contribution >= 4 is 33.4 Å². The summed E-state index contributed by atoms with van der Waals surface area (Å²) in [5.41, 5.74) is 0. The molecule has 2 fully saturated rings.